The van der Waals surface area contributed by atoms with Gasteiger partial charge in [-0.25, -0.2) is 4.79 Å². The van der Waals surface area contributed by atoms with Gasteiger partial charge in [0.05, 0.1) is 0 Å². The second-order valence-corrected chi connectivity index (χ2v) is 5.10. The largest absolute Gasteiger partial charge is 0.480 e. The van der Waals surface area contributed by atoms with Crippen molar-refractivity contribution in [2.24, 2.45) is 17.2 Å². The SMILES string of the molecule is CC(=O)N[C@@H](CCCCN)C(=O)O.NCCCC[C@H](N)C(=O)O. The van der Waals surface area contributed by atoms with E-state index in [1.807, 2.05) is 0 Å². The van der Waals surface area contributed by atoms with Crippen LogP contribution in [0.15, 0.2) is 0 Å². The van der Waals surface area contributed by atoms with Crippen molar-refractivity contribution in [2.45, 2.75) is 57.5 Å². The second-order valence-electron chi connectivity index (χ2n) is 5.10. The van der Waals surface area contributed by atoms with Gasteiger partial charge in [0.1, 0.15) is 12.1 Å². The van der Waals surface area contributed by atoms with Crippen LogP contribution in [0.25, 0.3) is 0 Å². The fraction of sp³-hybridized carbons (Fsp3) is 0.786. The molecule has 0 aliphatic carbocycles. The minimum absolute atomic E-state index is 0.319. The molecule has 0 aliphatic heterocycles. The van der Waals surface area contributed by atoms with E-state index < -0.39 is 24.0 Å². The van der Waals surface area contributed by atoms with Gasteiger partial charge in [-0.1, -0.05) is 6.42 Å². The van der Waals surface area contributed by atoms with Crippen LogP contribution in [0.3, 0.4) is 0 Å². The van der Waals surface area contributed by atoms with E-state index >= 15 is 0 Å². The highest BCUT2D eigenvalue weighted by Gasteiger charge is 2.16. The second kappa shape index (κ2) is 15.2. The van der Waals surface area contributed by atoms with Gasteiger partial charge in [-0.2, -0.15) is 0 Å². The van der Waals surface area contributed by atoms with Crippen molar-refractivity contribution in [3.8, 4) is 0 Å². The first kappa shape index (κ1) is 23.6. The highest BCUT2D eigenvalue weighted by atomic mass is 16.4. The predicted octanol–water partition coefficient (Wildman–Crippen LogP) is -0.768. The minimum atomic E-state index is -0.993. The number of rotatable bonds is 11. The van der Waals surface area contributed by atoms with Gasteiger partial charge < -0.3 is 32.7 Å². The number of hydrogen-bond donors (Lipinski definition) is 6. The summed E-state index contributed by atoms with van der Waals surface area (Å²) in [5.74, 6) is -2.25. The molecule has 9 heteroatoms. The van der Waals surface area contributed by atoms with Crippen LogP contribution in [-0.4, -0.2) is 53.2 Å². The molecular formula is C14H30N4O5. The monoisotopic (exact) mass is 334 g/mol. The molecule has 0 spiro atoms. The Morgan fingerprint density at radius 2 is 1.39 bits per heavy atom. The van der Waals surface area contributed by atoms with Crippen LogP contribution in [0.4, 0.5) is 0 Å². The first-order valence-corrected chi connectivity index (χ1v) is 7.64. The van der Waals surface area contributed by atoms with Gasteiger partial charge in [0, 0.05) is 6.92 Å². The van der Waals surface area contributed by atoms with Gasteiger partial charge in [-0.15, -0.1) is 0 Å². The Morgan fingerprint density at radius 1 is 0.913 bits per heavy atom. The minimum Gasteiger partial charge on any atom is -0.480 e. The summed E-state index contributed by atoms with van der Waals surface area (Å²) in [6.45, 7) is 2.46. The smallest absolute Gasteiger partial charge is 0.326 e. The summed E-state index contributed by atoms with van der Waals surface area (Å²) in [5, 5.41) is 19.4. The van der Waals surface area contributed by atoms with E-state index in [4.69, 9.17) is 27.4 Å². The maximum absolute atomic E-state index is 10.6. The fourth-order valence-electron chi connectivity index (χ4n) is 1.63. The highest BCUT2D eigenvalue weighted by molar-refractivity contribution is 5.81. The molecule has 0 saturated heterocycles. The summed E-state index contributed by atoms with van der Waals surface area (Å²) >= 11 is 0. The van der Waals surface area contributed by atoms with E-state index in [-0.39, 0.29) is 5.91 Å². The van der Waals surface area contributed by atoms with Crippen molar-refractivity contribution in [2.75, 3.05) is 13.1 Å². The van der Waals surface area contributed by atoms with Crippen molar-refractivity contribution in [3.63, 3.8) is 0 Å². The number of aliphatic carboxylic acids is 2. The Bertz CT molecular complexity index is 352. The maximum atomic E-state index is 10.6. The molecule has 136 valence electrons. The van der Waals surface area contributed by atoms with Gasteiger partial charge in [-0.3, -0.25) is 9.59 Å². The molecule has 0 aromatic rings. The third kappa shape index (κ3) is 16.5. The van der Waals surface area contributed by atoms with Crippen LogP contribution >= 0.6 is 0 Å². The van der Waals surface area contributed by atoms with Crippen molar-refractivity contribution in [3.05, 3.63) is 0 Å². The quantitative estimate of drug-likeness (QED) is 0.266. The molecule has 0 bridgehead atoms. The molecular weight excluding hydrogens is 304 g/mol. The lowest BCUT2D eigenvalue weighted by molar-refractivity contribution is -0.141. The Hall–Kier alpha value is -1.71. The Balaban J connectivity index is 0. The normalized spacial score (nSPS) is 12.5. The fourth-order valence-corrected chi connectivity index (χ4v) is 1.63. The molecule has 1 amide bonds. The van der Waals surface area contributed by atoms with E-state index in [1.165, 1.54) is 6.92 Å². The van der Waals surface area contributed by atoms with E-state index in [2.05, 4.69) is 5.32 Å². The van der Waals surface area contributed by atoms with Gasteiger partial charge in [-0.05, 0) is 45.2 Å². The van der Waals surface area contributed by atoms with Crippen LogP contribution in [0.5, 0.6) is 0 Å². The zero-order valence-electron chi connectivity index (χ0n) is 13.7. The third-order valence-corrected chi connectivity index (χ3v) is 2.91. The van der Waals surface area contributed by atoms with Crippen LogP contribution < -0.4 is 22.5 Å². The zero-order valence-corrected chi connectivity index (χ0v) is 13.7. The lowest BCUT2D eigenvalue weighted by atomic mass is 10.1. The number of carbonyl (C=O) groups excluding carboxylic acids is 1. The van der Waals surface area contributed by atoms with E-state index in [0.717, 1.165) is 19.3 Å². The molecule has 2 atom stereocenters. The number of nitrogens with one attached hydrogen (secondary N) is 1. The molecule has 9 nitrogen and oxygen atoms in total. The number of carbonyl (C=O) groups is 3. The predicted molar refractivity (Wildman–Crippen MR) is 86.7 cm³/mol. The molecule has 0 unspecified atom stereocenters. The van der Waals surface area contributed by atoms with Crippen LogP contribution in [0.1, 0.15) is 45.4 Å². The molecule has 0 aromatic carbocycles. The highest BCUT2D eigenvalue weighted by Crippen LogP contribution is 2.00. The average molecular weight is 334 g/mol. The number of carboxylic acids is 2. The van der Waals surface area contributed by atoms with Gasteiger partial charge in [0.2, 0.25) is 5.91 Å². The van der Waals surface area contributed by atoms with Crippen molar-refractivity contribution < 1.29 is 24.6 Å². The summed E-state index contributed by atoms with van der Waals surface area (Å²) in [7, 11) is 0. The van der Waals surface area contributed by atoms with Gasteiger partial charge in [0.15, 0.2) is 0 Å². The molecule has 23 heavy (non-hydrogen) atoms. The lowest BCUT2D eigenvalue weighted by Crippen LogP contribution is -2.39. The summed E-state index contributed by atoms with van der Waals surface area (Å²) < 4.78 is 0. The lowest BCUT2D eigenvalue weighted by Gasteiger charge is -2.12. The van der Waals surface area contributed by atoms with Crippen molar-refractivity contribution >= 4 is 17.8 Å². The Kier molecular flexibility index (Phi) is 15.6. The topological polar surface area (TPSA) is 182 Å². The summed E-state index contributed by atoms with van der Waals surface area (Å²) in [6.07, 6.45) is 4.10. The molecule has 9 N–H and O–H groups in total. The van der Waals surface area contributed by atoms with E-state index in [9.17, 15) is 14.4 Å². The number of carboxylic acid groups (broad SMARTS) is 2. The zero-order chi connectivity index (χ0) is 18.3. The van der Waals surface area contributed by atoms with Gasteiger partial charge in [0.25, 0.3) is 0 Å². The molecule has 0 aliphatic rings. The maximum Gasteiger partial charge on any atom is 0.326 e. The molecule has 0 aromatic heterocycles. The Labute approximate surface area is 136 Å². The number of hydrogen-bond acceptors (Lipinski definition) is 6. The first-order chi connectivity index (χ1) is 10.8. The summed E-state index contributed by atoms with van der Waals surface area (Å²) in [6, 6.07) is -1.49. The molecule has 0 saturated carbocycles. The van der Waals surface area contributed by atoms with Crippen LogP contribution in [0, 0.1) is 0 Å². The summed E-state index contributed by atoms with van der Waals surface area (Å²) in [4.78, 5) is 31.3. The van der Waals surface area contributed by atoms with E-state index in [1.54, 1.807) is 0 Å². The summed E-state index contributed by atoms with van der Waals surface area (Å²) in [5.41, 5.74) is 15.7. The van der Waals surface area contributed by atoms with Crippen LogP contribution in [-0.2, 0) is 14.4 Å². The van der Waals surface area contributed by atoms with Crippen molar-refractivity contribution in [1.82, 2.24) is 5.32 Å². The van der Waals surface area contributed by atoms with Gasteiger partial charge >= 0.3 is 11.9 Å². The number of nitrogens with two attached hydrogens (primary N) is 3. The number of amides is 1. The number of unbranched alkanes of at least 4 members (excludes halogenated alkanes) is 2. The first-order valence-electron chi connectivity index (χ1n) is 7.64. The molecule has 0 fully saturated rings. The molecule has 0 radical (unpaired) electrons. The molecule has 0 rings (SSSR count). The standard InChI is InChI=1S/C8H16N2O3.C6H14N2O2/c1-6(11)10-7(8(12)13)4-2-3-5-9;7-4-2-1-3-5(8)6(9)10/h7H,2-5,9H2,1H3,(H,10,11)(H,12,13);5H,1-4,7-8H2,(H,9,10)/t7-;5-/m00/s1. The van der Waals surface area contributed by atoms with Crippen LogP contribution in [0.2, 0.25) is 0 Å². The molecule has 0 heterocycles. The third-order valence-electron chi connectivity index (χ3n) is 2.91. The van der Waals surface area contributed by atoms with E-state index in [0.29, 0.717) is 32.4 Å². The average Bonchev–Trinajstić information content (AvgIpc) is 2.46. The van der Waals surface area contributed by atoms with Crippen molar-refractivity contribution in [1.29, 1.82) is 0 Å². The Morgan fingerprint density at radius 3 is 1.74 bits per heavy atom.